The third kappa shape index (κ3) is 2.43. The summed E-state index contributed by atoms with van der Waals surface area (Å²) < 4.78 is 0. The molecule has 3 spiro atoms. The van der Waals surface area contributed by atoms with Gasteiger partial charge in [0.05, 0.1) is 10.8 Å². The molecule has 4 saturated heterocycles. The Morgan fingerprint density at radius 2 is 1.37 bits per heavy atom. The van der Waals surface area contributed by atoms with E-state index in [4.69, 9.17) is 0 Å². The quantitative estimate of drug-likeness (QED) is 0.270. The highest BCUT2D eigenvalue weighted by Gasteiger charge is 2.78. The number of nitrogens with zero attached hydrogens (tertiary/aromatic N) is 2. The summed E-state index contributed by atoms with van der Waals surface area (Å²) in [6, 6.07) is 1.17. The minimum absolute atomic E-state index is 0.0626. The molecule has 7 fully saturated rings. The molecule has 0 aromatic rings. The van der Waals surface area contributed by atoms with E-state index in [2.05, 4.69) is 43.6 Å². The molecule has 4 aliphatic heterocycles. The maximum Gasteiger partial charge on any atom is 0.147 e. The highest BCUT2D eigenvalue weighted by atomic mass is 16.1. The van der Waals surface area contributed by atoms with Crippen LogP contribution in [0.2, 0.25) is 0 Å². The molecule has 4 heterocycles. The Morgan fingerprint density at radius 3 is 2.09 bits per heavy atom. The molecule has 0 unspecified atom stereocenters. The normalized spacial score (nSPS) is 58.9. The smallest absolute Gasteiger partial charge is 0.147 e. The molecule has 0 radical (unpaired) electrons. The Bertz CT molecular complexity index is 1670. The van der Waals surface area contributed by atoms with Gasteiger partial charge in [0.2, 0.25) is 0 Å². The van der Waals surface area contributed by atoms with Crippen LogP contribution in [0.4, 0.5) is 0 Å². The largest absolute Gasteiger partial charge is 0.299 e. The molecule has 0 N–H and O–H groups in total. The first kappa shape index (κ1) is 27.3. The van der Waals surface area contributed by atoms with Crippen LogP contribution in [-0.4, -0.2) is 59.6 Å². The van der Waals surface area contributed by atoms with Gasteiger partial charge < -0.3 is 0 Å². The van der Waals surface area contributed by atoms with E-state index in [9.17, 15) is 0 Å². The molecule has 8 aliphatic carbocycles. The molecule has 244 valence electrons. The van der Waals surface area contributed by atoms with Crippen LogP contribution in [0.15, 0.2) is 33.9 Å². The van der Waals surface area contributed by atoms with Gasteiger partial charge in [0.1, 0.15) is 11.6 Å². The maximum atomic E-state index is 15.3. The number of rotatable bonds is 0. The molecule has 3 saturated carbocycles. The van der Waals surface area contributed by atoms with Gasteiger partial charge >= 0.3 is 0 Å². The molecule has 0 aromatic carbocycles. The molecule has 4 heteroatoms. The van der Waals surface area contributed by atoms with E-state index < -0.39 is 0 Å². The van der Waals surface area contributed by atoms with Crippen molar-refractivity contribution in [1.82, 2.24) is 9.80 Å². The fraction of sp³-hybridized carbons (Fsp3) is 0.810. The number of fused-ring (bicyclic) bond motifs is 4. The lowest BCUT2D eigenvalue weighted by Crippen LogP contribution is -2.65. The number of ketones is 2. The van der Waals surface area contributed by atoms with Crippen LogP contribution < -0.4 is 0 Å². The molecule has 12 aliphatic rings. The molecule has 0 aromatic heterocycles. The van der Waals surface area contributed by atoms with Crippen molar-refractivity contribution in [1.29, 1.82) is 0 Å². The highest BCUT2D eigenvalue weighted by molar-refractivity contribution is 5.97. The third-order valence-corrected chi connectivity index (χ3v) is 19.4. The Hall–Kier alpha value is -1.52. The molecule has 12 rings (SSSR count). The van der Waals surface area contributed by atoms with E-state index in [-0.39, 0.29) is 38.9 Å². The molecule has 4 bridgehead atoms. The van der Waals surface area contributed by atoms with Gasteiger partial charge in [-0.05, 0) is 118 Å². The maximum absolute atomic E-state index is 15.3. The van der Waals surface area contributed by atoms with Crippen molar-refractivity contribution in [2.24, 2.45) is 68.5 Å². The summed E-state index contributed by atoms with van der Waals surface area (Å²) in [5.74, 6) is 4.69. The number of Topliss-reactive ketones (excluding diaryl/α,β-unsaturated/α-hetero) is 2. The number of hydrogen-bond donors (Lipinski definition) is 0. The van der Waals surface area contributed by atoms with Gasteiger partial charge in [0.25, 0.3) is 0 Å². The lowest BCUT2D eigenvalue weighted by molar-refractivity contribution is -0.157. The monoisotopic (exact) mass is 618 g/mol. The molecule has 0 amide bonds. The van der Waals surface area contributed by atoms with Crippen molar-refractivity contribution in [3.05, 3.63) is 33.9 Å². The van der Waals surface area contributed by atoms with Crippen molar-refractivity contribution in [3.8, 4) is 0 Å². The van der Waals surface area contributed by atoms with E-state index in [1.807, 2.05) is 0 Å². The molecule has 14 atom stereocenters. The topological polar surface area (TPSA) is 40.6 Å². The summed E-state index contributed by atoms with van der Waals surface area (Å²) in [6.07, 6.45) is 16.8. The predicted molar refractivity (Wildman–Crippen MR) is 178 cm³/mol. The summed E-state index contributed by atoms with van der Waals surface area (Å²) >= 11 is 0. The zero-order valence-corrected chi connectivity index (χ0v) is 28.8. The Kier molecular flexibility index (Phi) is 4.71. The predicted octanol–water partition coefficient (Wildman–Crippen LogP) is 7.15. The van der Waals surface area contributed by atoms with Gasteiger partial charge in [-0.15, -0.1) is 0 Å². The fourth-order valence-corrected chi connectivity index (χ4v) is 17.7. The number of allylic oxidation sites excluding steroid dienone is 6. The molecular formula is C42H54N2O2. The van der Waals surface area contributed by atoms with Crippen LogP contribution in [0.1, 0.15) is 105 Å². The van der Waals surface area contributed by atoms with Gasteiger partial charge in [-0.25, -0.2) is 0 Å². The average molecular weight is 619 g/mol. The lowest BCUT2D eigenvalue weighted by atomic mass is 9.44. The second kappa shape index (κ2) is 7.93. The minimum Gasteiger partial charge on any atom is -0.299 e. The summed E-state index contributed by atoms with van der Waals surface area (Å²) in [5, 5.41) is 0. The zero-order valence-electron chi connectivity index (χ0n) is 28.8. The standard InChI is InChI=1S/C42H54N2O2/c1-22-19-44-21-27-7-8-30-34-24(10-13-41(34)36(45)28(22)15-33(44)39(27,41)4)9-12-40(30)17-25-5-6-26-20-43-18-23(2)29-16-32(43)38(26,3)42(37(29)46)14-11-31(40)35(25)42/h10,22-23,25-29,32-33H,5-9,11-21H2,1-4H3/t22-,23-,25-,26-,27-,28-,29-,32-,33-,38-,39-,40-,41+,42+/m1/s1. The van der Waals surface area contributed by atoms with Crippen molar-refractivity contribution in [2.75, 3.05) is 26.2 Å². The van der Waals surface area contributed by atoms with Crippen LogP contribution in [-0.2, 0) is 9.59 Å². The van der Waals surface area contributed by atoms with Crippen molar-refractivity contribution in [3.63, 3.8) is 0 Å². The van der Waals surface area contributed by atoms with E-state index in [1.54, 1.807) is 27.9 Å². The SMILES string of the molecule is C[C@@H]1CN2C[C@H]3CCC4=C5C(=CC[C@@]56C(=O)[C@@H]1C[C@@H]2[C@@]36C)CC[C@@]41C[C@H]2CC[C@@H]3CN4C[C@@H](C)[C@H]5C[C@@H]4[C@]3(C)[C@]3(CCC1=C23)C5=O. The number of carbonyl (C=O) groups excluding carboxylic acids is 2. The molecular weight excluding hydrogens is 564 g/mol. The van der Waals surface area contributed by atoms with E-state index in [1.165, 1.54) is 51.6 Å². The van der Waals surface area contributed by atoms with E-state index >= 15 is 9.59 Å². The Morgan fingerprint density at radius 1 is 0.717 bits per heavy atom. The van der Waals surface area contributed by atoms with Crippen molar-refractivity contribution in [2.45, 2.75) is 117 Å². The summed E-state index contributed by atoms with van der Waals surface area (Å²) in [6.45, 7) is 14.7. The van der Waals surface area contributed by atoms with E-state index in [0.29, 0.717) is 53.2 Å². The second-order valence-electron chi connectivity index (χ2n) is 19.9. The molecule has 46 heavy (non-hydrogen) atoms. The first-order valence-corrected chi connectivity index (χ1v) is 19.9. The second-order valence-corrected chi connectivity index (χ2v) is 19.9. The third-order valence-electron chi connectivity index (χ3n) is 19.4. The lowest BCUT2D eigenvalue weighted by Gasteiger charge is -2.60. The summed E-state index contributed by atoms with van der Waals surface area (Å²) in [4.78, 5) is 36.3. The zero-order chi connectivity index (χ0) is 30.9. The number of piperidine rings is 2. The summed E-state index contributed by atoms with van der Waals surface area (Å²) in [7, 11) is 0. The average Bonchev–Trinajstić information content (AvgIpc) is 3.79. The van der Waals surface area contributed by atoms with Crippen LogP contribution in [0.5, 0.6) is 0 Å². The first-order chi connectivity index (χ1) is 22.1. The number of carbonyl (C=O) groups is 2. The summed E-state index contributed by atoms with van der Waals surface area (Å²) in [5.41, 5.74) is 8.22. The number of hydrogen-bond acceptors (Lipinski definition) is 4. The first-order valence-electron chi connectivity index (χ1n) is 19.9. The Balaban J connectivity index is 1.10. The minimum atomic E-state index is -0.300. The van der Waals surface area contributed by atoms with Crippen LogP contribution in [0.3, 0.4) is 0 Å². The molecule has 4 nitrogen and oxygen atoms in total. The van der Waals surface area contributed by atoms with E-state index in [0.717, 1.165) is 51.6 Å². The van der Waals surface area contributed by atoms with Gasteiger partial charge in [-0.1, -0.05) is 50.5 Å². The van der Waals surface area contributed by atoms with Crippen LogP contribution in [0.25, 0.3) is 0 Å². The fourth-order valence-electron chi connectivity index (χ4n) is 17.7. The Labute approximate surface area is 275 Å². The van der Waals surface area contributed by atoms with Crippen LogP contribution >= 0.6 is 0 Å². The highest BCUT2D eigenvalue weighted by Crippen LogP contribution is 2.80. The van der Waals surface area contributed by atoms with Gasteiger partial charge in [-0.3, -0.25) is 19.4 Å². The van der Waals surface area contributed by atoms with Gasteiger partial charge in [0.15, 0.2) is 0 Å². The van der Waals surface area contributed by atoms with Crippen molar-refractivity contribution >= 4 is 11.6 Å². The van der Waals surface area contributed by atoms with Crippen LogP contribution in [0, 0.1) is 68.5 Å². The van der Waals surface area contributed by atoms with Gasteiger partial charge in [0, 0.05) is 66.3 Å². The van der Waals surface area contributed by atoms with Gasteiger partial charge in [-0.2, -0.15) is 0 Å². The van der Waals surface area contributed by atoms with Crippen molar-refractivity contribution < 1.29 is 9.59 Å².